The number of rotatable bonds is 6. The van der Waals surface area contributed by atoms with Gasteiger partial charge in [0.15, 0.2) is 18.1 Å². The van der Waals surface area contributed by atoms with Crippen LogP contribution < -0.4 is 19.5 Å². The molecule has 5 heteroatoms. The summed E-state index contributed by atoms with van der Waals surface area (Å²) in [6.45, 7) is 5.93. The Morgan fingerprint density at radius 2 is 1.58 bits per heavy atom. The summed E-state index contributed by atoms with van der Waals surface area (Å²) in [7, 11) is 3.12. The monoisotopic (exact) mass is 329 g/mol. The first kappa shape index (κ1) is 17.7. The van der Waals surface area contributed by atoms with Gasteiger partial charge in [0.2, 0.25) is 0 Å². The van der Waals surface area contributed by atoms with E-state index in [0.29, 0.717) is 17.2 Å². The average molecular weight is 329 g/mol. The van der Waals surface area contributed by atoms with Gasteiger partial charge in [0.25, 0.3) is 5.91 Å². The second-order valence-corrected chi connectivity index (χ2v) is 5.63. The molecule has 128 valence electrons. The molecule has 0 radical (unpaired) electrons. The van der Waals surface area contributed by atoms with Crippen LogP contribution in [0.4, 0.5) is 5.69 Å². The molecule has 5 nitrogen and oxygen atoms in total. The Morgan fingerprint density at radius 3 is 2.17 bits per heavy atom. The zero-order valence-corrected chi connectivity index (χ0v) is 14.7. The molecule has 0 aliphatic rings. The second-order valence-electron chi connectivity index (χ2n) is 5.63. The molecule has 0 heterocycles. The third kappa shape index (κ3) is 4.19. The summed E-state index contributed by atoms with van der Waals surface area (Å²) in [5.41, 5.74) is 3.84. The highest BCUT2D eigenvalue weighted by atomic mass is 16.5. The van der Waals surface area contributed by atoms with E-state index in [9.17, 15) is 4.79 Å². The van der Waals surface area contributed by atoms with Crippen LogP contribution in [-0.2, 0) is 4.79 Å². The van der Waals surface area contributed by atoms with E-state index in [1.54, 1.807) is 32.4 Å². The zero-order valence-electron chi connectivity index (χ0n) is 14.7. The lowest BCUT2D eigenvalue weighted by Gasteiger charge is -2.14. The molecule has 24 heavy (non-hydrogen) atoms. The summed E-state index contributed by atoms with van der Waals surface area (Å²) in [4.78, 5) is 12.1. The molecular formula is C19H23NO4. The molecule has 2 aromatic rings. The largest absolute Gasteiger partial charge is 0.493 e. The SMILES string of the molecule is COc1ccc(NC(=O)COc2c(C)cc(C)cc2C)cc1OC. The third-order valence-corrected chi connectivity index (χ3v) is 3.62. The first-order valence-electron chi connectivity index (χ1n) is 7.67. The molecule has 0 bridgehead atoms. The molecule has 0 aromatic heterocycles. The Hall–Kier alpha value is -2.69. The van der Waals surface area contributed by atoms with Crippen LogP contribution in [0.15, 0.2) is 30.3 Å². The van der Waals surface area contributed by atoms with Crippen molar-refractivity contribution >= 4 is 11.6 Å². The summed E-state index contributed by atoms with van der Waals surface area (Å²) >= 11 is 0. The summed E-state index contributed by atoms with van der Waals surface area (Å²) in [6.07, 6.45) is 0. The smallest absolute Gasteiger partial charge is 0.262 e. The Bertz CT molecular complexity index is 717. The Labute approximate surface area is 142 Å². The van der Waals surface area contributed by atoms with Crippen LogP contribution >= 0.6 is 0 Å². The fourth-order valence-corrected chi connectivity index (χ4v) is 2.64. The summed E-state index contributed by atoms with van der Waals surface area (Å²) < 4.78 is 16.1. The number of ether oxygens (including phenoxy) is 3. The van der Waals surface area contributed by atoms with Crippen molar-refractivity contribution in [2.75, 3.05) is 26.1 Å². The van der Waals surface area contributed by atoms with Gasteiger partial charge in [0.05, 0.1) is 14.2 Å². The van der Waals surface area contributed by atoms with Crippen LogP contribution in [0.2, 0.25) is 0 Å². The normalized spacial score (nSPS) is 10.2. The van der Waals surface area contributed by atoms with Gasteiger partial charge in [0, 0.05) is 11.8 Å². The van der Waals surface area contributed by atoms with Gasteiger partial charge in [-0.2, -0.15) is 0 Å². The lowest BCUT2D eigenvalue weighted by molar-refractivity contribution is -0.118. The number of amides is 1. The van der Waals surface area contributed by atoms with Gasteiger partial charge >= 0.3 is 0 Å². The van der Waals surface area contributed by atoms with Crippen LogP contribution in [0, 0.1) is 20.8 Å². The molecule has 2 aromatic carbocycles. The van der Waals surface area contributed by atoms with Gasteiger partial charge < -0.3 is 19.5 Å². The standard InChI is InChI=1S/C19H23NO4/c1-12-8-13(2)19(14(3)9-12)24-11-18(21)20-15-6-7-16(22-4)17(10-15)23-5/h6-10H,11H2,1-5H3,(H,20,21). The average Bonchev–Trinajstić information content (AvgIpc) is 2.53. The maximum absolute atomic E-state index is 12.1. The van der Waals surface area contributed by atoms with Crippen molar-refractivity contribution in [2.45, 2.75) is 20.8 Å². The Kier molecular flexibility index (Phi) is 5.68. The Balaban J connectivity index is 2.02. The number of carbonyl (C=O) groups is 1. The first-order valence-corrected chi connectivity index (χ1v) is 7.67. The van der Waals surface area contributed by atoms with Gasteiger partial charge in [-0.25, -0.2) is 0 Å². The second kappa shape index (κ2) is 7.73. The van der Waals surface area contributed by atoms with Crippen molar-refractivity contribution in [1.82, 2.24) is 0 Å². The first-order chi connectivity index (χ1) is 11.4. The van der Waals surface area contributed by atoms with Gasteiger partial charge in [-0.3, -0.25) is 4.79 Å². The van der Waals surface area contributed by atoms with Crippen LogP contribution in [0.1, 0.15) is 16.7 Å². The number of nitrogens with one attached hydrogen (secondary N) is 1. The zero-order chi connectivity index (χ0) is 17.7. The maximum Gasteiger partial charge on any atom is 0.262 e. The lowest BCUT2D eigenvalue weighted by atomic mass is 10.1. The number of hydrogen-bond acceptors (Lipinski definition) is 4. The minimum Gasteiger partial charge on any atom is -0.493 e. The fraction of sp³-hybridized carbons (Fsp3) is 0.316. The molecule has 0 aliphatic carbocycles. The van der Waals surface area contributed by atoms with Crippen LogP contribution in [-0.4, -0.2) is 26.7 Å². The highest BCUT2D eigenvalue weighted by Gasteiger charge is 2.10. The molecule has 0 saturated heterocycles. The van der Waals surface area contributed by atoms with Crippen molar-refractivity contribution in [3.63, 3.8) is 0 Å². The molecule has 0 spiro atoms. The minimum absolute atomic E-state index is 0.0565. The van der Waals surface area contributed by atoms with Gasteiger partial charge in [-0.1, -0.05) is 17.7 Å². The van der Waals surface area contributed by atoms with Crippen LogP contribution in [0.25, 0.3) is 0 Å². The number of carbonyl (C=O) groups excluding carboxylic acids is 1. The van der Waals surface area contributed by atoms with E-state index in [1.165, 1.54) is 5.56 Å². The van der Waals surface area contributed by atoms with Crippen LogP contribution in [0.3, 0.4) is 0 Å². The van der Waals surface area contributed by atoms with E-state index in [0.717, 1.165) is 16.9 Å². The highest BCUT2D eigenvalue weighted by Crippen LogP contribution is 2.30. The highest BCUT2D eigenvalue weighted by molar-refractivity contribution is 5.92. The van der Waals surface area contributed by atoms with Gasteiger partial charge in [-0.15, -0.1) is 0 Å². The number of anilines is 1. The van der Waals surface area contributed by atoms with E-state index in [2.05, 4.69) is 5.32 Å². The van der Waals surface area contributed by atoms with Crippen molar-refractivity contribution in [2.24, 2.45) is 0 Å². The van der Waals surface area contributed by atoms with E-state index in [1.807, 2.05) is 32.9 Å². The van der Waals surface area contributed by atoms with Crippen molar-refractivity contribution in [3.05, 3.63) is 47.0 Å². The quantitative estimate of drug-likeness (QED) is 0.879. The molecule has 0 saturated carbocycles. The molecule has 0 fully saturated rings. The van der Waals surface area contributed by atoms with Crippen LogP contribution in [0.5, 0.6) is 17.2 Å². The number of aryl methyl sites for hydroxylation is 3. The fourth-order valence-electron chi connectivity index (χ4n) is 2.64. The summed E-state index contributed by atoms with van der Waals surface area (Å²) in [5.74, 6) is 1.68. The molecule has 0 unspecified atom stereocenters. The van der Waals surface area contributed by atoms with Gasteiger partial charge in [-0.05, 0) is 44.0 Å². The van der Waals surface area contributed by atoms with Crippen molar-refractivity contribution < 1.29 is 19.0 Å². The molecular weight excluding hydrogens is 306 g/mol. The Morgan fingerprint density at radius 1 is 0.958 bits per heavy atom. The van der Waals surface area contributed by atoms with E-state index < -0.39 is 0 Å². The summed E-state index contributed by atoms with van der Waals surface area (Å²) in [6, 6.07) is 9.27. The molecule has 0 atom stereocenters. The van der Waals surface area contributed by atoms with Gasteiger partial charge in [0.1, 0.15) is 5.75 Å². The minimum atomic E-state index is -0.235. The lowest BCUT2D eigenvalue weighted by Crippen LogP contribution is -2.20. The molecule has 0 aliphatic heterocycles. The van der Waals surface area contributed by atoms with Crippen molar-refractivity contribution in [3.8, 4) is 17.2 Å². The van der Waals surface area contributed by atoms with Crippen molar-refractivity contribution in [1.29, 1.82) is 0 Å². The topological polar surface area (TPSA) is 56.8 Å². The third-order valence-electron chi connectivity index (χ3n) is 3.62. The van der Waals surface area contributed by atoms with E-state index >= 15 is 0 Å². The molecule has 2 rings (SSSR count). The van der Waals surface area contributed by atoms with E-state index in [4.69, 9.17) is 14.2 Å². The maximum atomic E-state index is 12.1. The van der Waals surface area contributed by atoms with E-state index in [-0.39, 0.29) is 12.5 Å². The predicted octanol–water partition coefficient (Wildman–Crippen LogP) is 3.65. The number of hydrogen-bond donors (Lipinski definition) is 1. The summed E-state index contributed by atoms with van der Waals surface area (Å²) in [5, 5.41) is 2.79. The molecule has 1 N–H and O–H groups in total. The number of methoxy groups -OCH3 is 2. The number of benzene rings is 2. The predicted molar refractivity (Wildman–Crippen MR) is 94.3 cm³/mol. The molecule has 1 amide bonds.